The van der Waals surface area contributed by atoms with Crippen molar-refractivity contribution >= 4 is 31.4 Å². The van der Waals surface area contributed by atoms with Gasteiger partial charge in [-0.2, -0.15) is 0 Å². The van der Waals surface area contributed by atoms with E-state index in [1.165, 1.54) is 49.6 Å². The average molecular weight is 479 g/mol. The molecule has 32 heavy (non-hydrogen) atoms. The second-order valence-electron chi connectivity index (χ2n) is 7.30. The number of hydrogen-bond acceptors (Lipinski definition) is 5. The van der Waals surface area contributed by atoms with Gasteiger partial charge in [-0.15, -0.1) is 0 Å². The molecule has 0 aliphatic rings. The van der Waals surface area contributed by atoms with Gasteiger partial charge in [0.2, 0.25) is 0 Å². The number of halogens is 1. The second kappa shape index (κ2) is 9.17. The molecule has 0 aliphatic carbocycles. The van der Waals surface area contributed by atoms with Crippen molar-refractivity contribution in [1.29, 1.82) is 0 Å². The predicted octanol–water partition coefficient (Wildman–Crippen LogP) is 4.56. The number of ether oxygens (including phenoxy) is 1. The molecular weight excluding hydrogens is 455 g/mol. The van der Waals surface area contributed by atoms with Crippen molar-refractivity contribution in [3.63, 3.8) is 0 Å². The lowest BCUT2D eigenvalue weighted by atomic mass is 10.0. The summed E-state index contributed by atoms with van der Waals surface area (Å²) in [6.07, 6.45) is 0. The molecule has 0 spiro atoms. The van der Waals surface area contributed by atoms with Crippen LogP contribution in [0.5, 0.6) is 5.75 Å². The van der Waals surface area contributed by atoms with Crippen LogP contribution in [-0.4, -0.2) is 23.9 Å². The van der Waals surface area contributed by atoms with E-state index in [9.17, 15) is 21.2 Å². The Balaban J connectivity index is 1.80. The molecule has 3 aromatic carbocycles. The normalized spacial score (nSPS) is 11.9. The molecule has 170 valence electrons. The standard InChI is InChI=1S/C22H23FN2O5S2/c1-15(2)21-14-20(12-13-22(21)30-3)32(28,29)25-18-8-10-19(11-9-18)31(26,27)24-17-6-4-16(23)5-7-17/h4-15,24-25H,1-3H3. The lowest BCUT2D eigenvalue weighted by Gasteiger charge is -2.15. The molecule has 0 atom stereocenters. The molecule has 0 heterocycles. The summed E-state index contributed by atoms with van der Waals surface area (Å²) in [7, 11) is -6.30. The molecule has 7 nitrogen and oxygen atoms in total. The topological polar surface area (TPSA) is 102 Å². The second-order valence-corrected chi connectivity index (χ2v) is 10.7. The minimum atomic E-state index is -3.93. The Morgan fingerprint density at radius 3 is 1.72 bits per heavy atom. The van der Waals surface area contributed by atoms with Gasteiger partial charge in [0.05, 0.1) is 16.9 Å². The fraction of sp³-hybridized carbons (Fsp3) is 0.182. The zero-order valence-corrected chi connectivity index (χ0v) is 19.3. The molecule has 3 rings (SSSR count). The number of anilines is 2. The van der Waals surface area contributed by atoms with E-state index in [2.05, 4.69) is 9.44 Å². The minimum absolute atomic E-state index is 0.0539. The van der Waals surface area contributed by atoms with Crippen LogP contribution in [0, 0.1) is 5.82 Å². The highest BCUT2D eigenvalue weighted by Crippen LogP contribution is 2.30. The molecule has 0 saturated carbocycles. The van der Waals surface area contributed by atoms with E-state index in [1.807, 2.05) is 13.8 Å². The zero-order chi connectivity index (χ0) is 23.5. The minimum Gasteiger partial charge on any atom is -0.496 e. The van der Waals surface area contributed by atoms with Crippen molar-refractivity contribution in [3.8, 4) is 5.75 Å². The van der Waals surface area contributed by atoms with Gasteiger partial charge in [-0.05, 0) is 78.2 Å². The third-order valence-corrected chi connectivity index (χ3v) is 7.42. The summed E-state index contributed by atoms with van der Waals surface area (Å²) < 4.78 is 73.7. The van der Waals surface area contributed by atoms with E-state index in [1.54, 1.807) is 12.1 Å². The third kappa shape index (κ3) is 5.38. The van der Waals surface area contributed by atoms with E-state index >= 15 is 0 Å². The number of sulfonamides is 2. The first-order chi connectivity index (χ1) is 15.0. The number of rotatable bonds is 8. The summed E-state index contributed by atoms with van der Waals surface area (Å²) in [6.45, 7) is 3.86. The van der Waals surface area contributed by atoms with Crippen LogP contribution >= 0.6 is 0 Å². The maximum atomic E-state index is 13.0. The lowest BCUT2D eigenvalue weighted by molar-refractivity contribution is 0.407. The first-order valence-electron chi connectivity index (χ1n) is 9.61. The summed E-state index contributed by atoms with van der Waals surface area (Å²) in [4.78, 5) is -0.00649. The maximum Gasteiger partial charge on any atom is 0.261 e. The van der Waals surface area contributed by atoms with Crippen LogP contribution in [0.2, 0.25) is 0 Å². The highest BCUT2D eigenvalue weighted by Gasteiger charge is 2.19. The van der Waals surface area contributed by atoms with Crippen molar-refractivity contribution in [2.45, 2.75) is 29.6 Å². The van der Waals surface area contributed by atoms with Crippen LogP contribution in [-0.2, 0) is 20.0 Å². The highest BCUT2D eigenvalue weighted by atomic mass is 32.2. The number of hydrogen-bond donors (Lipinski definition) is 2. The smallest absolute Gasteiger partial charge is 0.261 e. The van der Waals surface area contributed by atoms with E-state index in [-0.39, 0.29) is 27.1 Å². The van der Waals surface area contributed by atoms with Gasteiger partial charge in [-0.25, -0.2) is 21.2 Å². The highest BCUT2D eigenvalue weighted by molar-refractivity contribution is 7.93. The molecule has 3 aromatic rings. The summed E-state index contributed by atoms with van der Waals surface area (Å²) in [5, 5.41) is 0. The van der Waals surface area contributed by atoms with E-state index in [4.69, 9.17) is 4.74 Å². The van der Waals surface area contributed by atoms with Gasteiger partial charge in [0.15, 0.2) is 0 Å². The fourth-order valence-electron chi connectivity index (χ4n) is 2.98. The molecule has 0 bridgehead atoms. The molecule has 0 saturated heterocycles. The largest absolute Gasteiger partial charge is 0.496 e. The Morgan fingerprint density at radius 1 is 0.750 bits per heavy atom. The van der Waals surface area contributed by atoms with Crippen LogP contribution in [0.25, 0.3) is 0 Å². The summed E-state index contributed by atoms with van der Waals surface area (Å²) in [6, 6.07) is 14.7. The van der Waals surface area contributed by atoms with E-state index < -0.39 is 25.9 Å². The van der Waals surface area contributed by atoms with E-state index in [0.717, 1.165) is 17.7 Å². The molecule has 0 fully saturated rings. The van der Waals surface area contributed by atoms with Crippen molar-refractivity contribution in [2.24, 2.45) is 0 Å². The Kier molecular flexibility index (Phi) is 6.75. The maximum absolute atomic E-state index is 13.0. The van der Waals surface area contributed by atoms with Crippen LogP contribution in [0.3, 0.4) is 0 Å². The van der Waals surface area contributed by atoms with Crippen LogP contribution in [0.15, 0.2) is 76.5 Å². The molecular formula is C22H23FN2O5S2. The van der Waals surface area contributed by atoms with Gasteiger partial charge in [-0.3, -0.25) is 9.44 Å². The van der Waals surface area contributed by atoms with Gasteiger partial charge in [-0.1, -0.05) is 13.8 Å². The Labute approximate surface area is 187 Å². The molecule has 0 amide bonds. The number of methoxy groups -OCH3 is 1. The van der Waals surface area contributed by atoms with Crippen molar-refractivity contribution < 1.29 is 26.0 Å². The van der Waals surface area contributed by atoms with Gasteiger partial charge < -0.3 is 4.74 Å². The van der Waals surface area contributed by atoms with Crippen LogP contribution < -0.4 is 14.2 Å². The van der Waals surface area contributed by atoms with Crippen molar-refractivity contribution in [1.82, 2.24) is 0 Å². The number of nitrogens with one attached hydrogen (secondary N) is 2. The summed E-state index contributed by atoms with van der Waals surface area (Å²) in [5.74, 6) is 0.169. The molecule has 10 heteroatoms. The third-order valence-electron chi connectivity index (χ3n) is 4.65. The monoisotopic (exact) mass is 478 g/mol. The fourth-order valence-corrected chi connectivity index (χ4v) is 5.13. The predicted molar refractivity (Wildman–Crippen MR) is 122 cm³/mol. The van der Waals surface area contributed by atoms with Gasteiger partial charge in [0, 0.05) is 11.4 Å². The first-order valence-corrected chi connectivity index (χ1v) is 12.6. The quantitative estimate of drug-likeness (QED) is 0.494. The molecule has 0 unspecified atom stereocenters. The van der Waals surface area contributed by atoms with Crippen LogP contribution in [0.4, 0.5) is 15.8 Å². The van der Waals surface area contributed by atoms with Gasteiger partial charge >= 0.3 is 0 Å². The van der Waals surface area contributed by atoms with Gasteiger partial charge in [0.1, 0.15) is 11.6 Å². The summed E-state index contributed by atoms with van der Waals surface area (Å²) in [5.41, 5.74) is 1.16. The first kappa shape index (κ1) is 23.6. The molecule has 2 N–H and O–H groups in total. The Bertz CT molecular complexity index is 1310. The summed E-state index contributed by atoms with van der Waals surface area (Å²) >= 11 is 0. The van der Waals surface area contributed by atoms with E-state index in [0.29, 0.717) is 5.75 Å². The SMILES string of the molecule is COc1ccc(S(=O)(=O)Nc2ccc(S(=O)(=O)Nc3ccc(F)cc3)cc2)cc1C(C)C. The molecule has 0 aliphatic heterocycles. The Hall–Kier alpha value is -3.11. The average Bonchev–Trinajstić information content (AvgIpc) is 2.74. The van der Waals surface area contributed by atoms with Crippen molar-refractivity contribution in [2.75, 3.05) is 16.6 Å². The zero-order valence-electron chi connectivity index (χ0n) is 17.7. The van der Waals surface area contributed by atoms with Crippen LogP contribution in [0.1, 0.15) is 25.3 Å². The Morgan fingerprint density at radius 2 is 1.22 bits per heavy atom. The van der Waals surface area contributed by atoms with Crippen molar-refractivity contribution in [3.05, 3.63) is 78.1 Å². The number of benzene rings is 3. The molecule has 0 radical (unpaired) electrons. The molecule has 0 aromatic heterocycles. The van der Waals surface area contributed by atoms with Gasteiger partial charge in [0.25, 0.3) is 20.0 Å². The lowest BCUT2D eigenvalue weighted by Crippen LogP contribution is -2.15.